The zero-order valence-electron chi connectivity index (χ0n) is 10.2. The Morgan fingerprint density at radius 1 is 1.42 bits per heavy atom. The third-order valence-corrected chi connectivity index (χ3v) is 3.13. The monoisotopic (exact) mass is 275 g/mol. The van der Waals surface area contributed by atoms with Crippen molar-refractivity contribution in [3.8, 4) is 11.5 Å². The fourth-order valence-electron chi connectivity index (χ4n) is 1.33. The summed E-state index contributed by atoms with van der Waals surface area (Å²) in [6.45, 7) is 4.01. The molecule has 0 fully saturated rings. The summed E-state index contributed by atoms with van der Waals surface area (Å²) in [6.07, 6.45) is 3.23. The molecule has 0 aliphatic heterocycles. The number of hydrogen-bond acceptors (Lipinski definition) is 5. The molecule has 2 rings (SSSR count). The maximum atomic E-state index is 11.4. The maximum absolute atomic E-state index is 11.4. The van der Waals surface area contributed by atoms with Gasteiger partial charge in [0.25, 0.3) is 0 Å². The summed E-state index contributed by atoms with van der Waals surface area (Å²) in [4.78, 5) is 11.4. The van der Waals surface area contributed by atoms with E-state index in [0.29, 0.717) is 28.8 Å². The molecule has 2 heterocycles. The minimum absolute atomic E-state index is 0.0539. The van der Waals surface area contributed by atoms with Crippen molar-refractivity contribution in [1.82, 2.24) is 15.5 Å². The lowest BCUT2D eigenvalue weighted by Gasteiger charge is -2.02. The summed E-state index contributed by atoms with van der Waals surface area (Å²) < 4.78 is 5.22. The number of hydrogen-bond donors (Lipinski definition) is 1. The lowest BCUT2D eigenvalue weighted by atomic mass is 10.3. The second kappa shape index (κ2) is 6.75. The first-order chi connectivity index (χ1) is 9.29. The van der Waals surface area contributed by atoms with Gasteiger partial charge >= 0.3 is 0 Å². The number of rotatable bonds is 6. The molecule has 2 aromatic heterocycles. The minimum Gasteiger partial charge on any atom is -0.463 e. The molecule has 0 radical (unpaired) electrons. The molecule has 19 heavy (non-hydrogen) atoms. The largest absolute Gasteiger partial charge is 0.463 e. The molecule has 0 spiro atoms. The van der Waals surface area contributed by atoms with Gasteiger partial charge in [0.2, 0.25) is 5.91 Å². The standard InChI is InChI=1S/C13H13N3O2S/c1-2-7-14-12(17)9-19-13-6-5-10(15-16-13)11-4-3-8-18-11/h2-6,8H,1,7,9H2,(H,14,17). The molecule has 0 bridgehead atoms. The zero-order valence-corrected chi connectivity index (χ0v) is 11.0. The van der Waals surface area contributed by atoms with Crippen LogP contribution in [0, 0.1) is 0 Å². The van der Waals surface area contributed by atoms with Gasteiger partial charge in [0.1, 0.15) is 10.7 Å². The van der Waals surface area contributed by atoms with E-state index < -0.39 is 0 Å². The Labute approximate surface area is 115 Å². The number of thioether (sulfide) groups is 1. The van der Waals surface area contributed by atoms with E-state index in [-0.39, 0.29) is 5.91 Å². The van der Waals surface area contributed by atoms with Crippen LogP contribution in [-0.4, -0.2) is 28.4 Å². The lowest BCUT2D eigenvalue weighted by Crippen LogP contribution is -2.24. The van der Waals surface area contributed by atoms with Crippen LogP contribution in [0.15, 0.2) is 52.6 Å². The molecule has 0 saturated heterocycles. The van der Waals surface area contributed by atoms with E-state index in [1.165, 1.54) is 11.8 Å². The minimum atomic E-state index is -0.0539. The molecule has 1 amide bonds. The lowest BCUT2D eigenvalue weighted by molar-refractivity contribution is -0.118. The predicted octanol–water partition coefficient (Wildman–Crippen LogP) is 2.13. The Kier molecular flexibility index (Phi) is 4.74. The Bertz CT molecular complexity index is 538. The molecule has 0 atom stereocenters. The molecule has 0 saturated carbocycles. The van der Waals surface area contributed by atoms with Crippen LogP contribution in [0.25, 0.3) is 11.5 Å². The maximum Gasteiger partial charge on any atom is 0.230 e. The molecule has 98 valence electrons. The summed E-state index contributed by atoms with van der Waals surface area (Å²) >= 11 is 1.33. The van der Waals surface area contributed by atoms with Crippen molar-refractivity contribution < 1.29 is 9.21 Å². The van der Waals surface area contributed by atoms with Crippen molar-refractivity contribution in [3.05, 3.63) is 43.2 Å². The van der Waals surface area contributed by atoms with Gasteiger partial charge in [0.05, 0.1) is 12.0 Å². The molecule has 0 unspecified atom stereocenters. The Hall–Kier alpha value is -2.08. The van der Waals surface area contributed by atoms with Crippen molar-refractivity contribution in [3.63, 3.8) is 0 Å². The van der Waals surface area contributed by atoms with E-state index in [4.69, 9.17) is 4.42 Å². The summed E-state index contributed by atoms with van der Waals surface area (Å²) in [5.41, 5.74) is 0.672. The van der Waals surface area contributed by atoms with Crippen LogP contribution < -0.4 is 5.32 Å². The van der Waals surface area contributed by atoms with Crippen LogP contribution in [-0.2, 0) is 4.79 Å². The molecule has 6 heteroatoms. The average Bonchev–Trinajstić information content (AvgIpc) is 2.97. The average molecular weight is 275 g/mol. The van der Waals surface area contributed by atoms with Gasteiger partial charge in [-0.15, -0.1) is 16.8 Å². The number of nitrogens with one attached hydrogen (secondary N) is 1. The second-order valence-electron chi connectivity index (χ2n) is 3.62. The number of amides is 1. The van der Waals surface area contributed by atoms with Crippen molar-refractivity contribution in [2.75, 3.05) is 12.3 Å². The third kappa shape index (κ3) is 3.96. The molecule has 2 aromatic rings. The highest BCUT2D eigenvalue weighted by atomic mass is 32.2. The fourth-order valence-corrected chi connectivity index (χ4v) is 1.97. The van der Waals surface area contributed by atoms with Gasteiger partial charge in [-0.2, -0.15) is 0 Å². The van der Waals surface area contributed by atoms with Gasteiger partial charge in [0, 0.05) is 6.54 Å². The van der Waals surface area contributed by atoms with Crippen LogP contribution in [0.5, 0.6) is 0 Å². The predicted molar refractivity (Wildman–Crippen MR) is 73.7 cm³/mol. The summed E-state index contributed by atoms with van der Waals surface area (Å²) in [5, 5.41) is 11.5. The van der Waals surface area contributed by atoms with Crippen LogP contribution in [0.4, 0.5) is 0 Å². The second-order valence-corrected chi connectivity index (χ2v) is 4.61. The number of carbonyl (C=O) groups is 1. The van der Waals surface area contributed by atoms with Crippen LogP contribution in [0.2, 0.25) is 0 Å². The smallest absolute Gasteiger partial charge is 0.230 e. The normalized spacial score (nSPS) is 10.1. The number of nitrogens with zero attached hydrogens (tertiary/aromatic N) is 2. The van der Waals surface area contributed by atoms with Crippen LogP contribution in [0.3, 0.4) is 0 Å². The number of carbonyl (C=O) groups excluding carboxylic acids is 1. The van der Waals surface area contributed by atoms with Gasteiger partial charge in [-0.1, -0.05) is 17.8 Å². The first-order valence-electron chi connectivity index (χ1n) is 5.67. The van der Waals surface area contributed by atoms with E-state index >= 15 is 0 Å². The number of aromatic nitrogens is 2. The van der Waals surface area contributed by atoms with Crippen LogP contribution in [0.1, 0.15) is 0 Å². The fraction of sp³-hybridized carbons (Fsp3) is 0.154. The van der Waals surface area contributed by atoms with Crippen molar-refractivity contribution >= 4 is 17.7 Å². The molecular formula is C13H13N3O2S. The Morgan fingerprint density at radius 2 is 2.32 bits per heavy atom. The van der Waals surface area contributed by atoms with Gasteiger partial charge in [0.15, 0.2) is 5.76 Å². The van der Waals surface area contributed by atoms with Gasteiger partial charge in [-0.25, -0.2) is 0 Å². The van der Waals surface area contributed by atoms with Crippen molar-refractivity contribution in [2.45, 2.75) is 5.03 Å². The Morgan fingerprint density at radius 3 is 2.95 bits per heavy atom. The highest BCUT2D eigenvalue weighted by Crippen LogP contribution is 2.19. The molecule has 1 N–H and O–H groups in total. The zero-order chi connectivity index (χ0) is 13.5. The van der Waals surface area contributed by atoms with E-state index in [2.05, 4.69) is 22.1 Å². The van der Waals surface area contributed by atoms with Crippen molar-refractivity contribution in [1.29, 1.82) is 0 Å². The first kappa shape index (κ1) is 13.4. The summed E-state index contributed by atoms with van der Waals surface area (Å²) in [6, 6.07) is 7.25. The summed E-state index contributed by atoms with van der Waals surface area (Å²) in [5.74, 6) is 0.928. The first-order valence-corrected chi connectivity index (χ1v) is 6.66. The van der Waals surface area contributed by atoms with Gasteiger partial charge in [-0.3, -0.25) is 4.79 Å². The van der Waals surface area contributed by atoms with E-state index in [1.807, 2.05) is 18.2 Å². The molecule has 0 aromatic carbocycles. The number of furan rings is 1. The molecule has 5 nitrogen and oxygen atoms in total. The van der Waals surface area contributed by atoms with Crippen LogP contribution >= 0.6 is 11.8 Å². The van der Waals surface area contributed by atoms with E-state index in [0.717, 1.165) is 0 Å². The topological polar surface area (TPSA) is 68.0 Å². The SMILES string of the molecule is C=CCNC(=O)CSc1ccc(-c2ccco2)nn1. The third-order valence-electron chi connectivity index (χ3n) is 2.21. The highest BCUT2D eigenvalue weighted by Gasteiger charge is 2.06. The van der Waals surface area contributed by atoms with Crippen molar-refractivity contribution in [2.24, 2.45) is 0 Å². The quantitative estimate of drug-likeness (QED) is 0.646. The van der Waals surface area contributed by atoms with Gasteiger partial charge < -0.3 is 9.73 Å². The molecule has 0 aliphatic carbocycles. The molecular weight excluding hydrogens is 262 g/mol. The highest BCUT2D eigenvalue weighted by molar-refractivity contribution is 7.99. The van der Waals surface area contributed by atoms with E-state index in [9.17, 15) is 4.79 Å². The van der Waals surface area contributed by atoms with Gasteiger partial charge in [-0.05, 0) is 24.3 Å². The van der Waals surface area contributed by atoms with E-state index in [1.54, 1.807) is 18.4 Å². The summed E-state index contributed by atoms with van der Waals surface area (Å²) in [7, 11) is 0. The molecule has 0 aliphatic rings. The Balaban J connectivity index is 1.89.